The summed E-state index contributed by atoms with van der Waals surface area (Å²) in [5.41, 5.74) is 0.0744. The Balaban J connectivity index is 2.08. The first-order chi connectivity index (χ1) is 16.2. The first-order valence-electron chi connectivity index (χ1n) is 11.3. The highest BCUT2D eigenvalue weighted by molar-refractivity contribution is 6.09. The first-order valence-corrected chi connectivity index (χ1v) is 11.3. The molecule has 2 rings (SSSR count). The Kier molecular flexibility index (Phi) is 9.85. The van der Waals surface area contributed by atoms with Crippen molar-refractivity contribution in [3.63, 3.8) is 0 Å². The molecule has 2 N–H and O–H groups in total. The number of hydrogen-bond donors (Lipinski definition) is 2. The molecule has 2 heterocycles. The van der Waals surface area contributed by atoms with Crippen LogP contribution in [0, 0.1) is 0 Å². The Labute approximate surface area is 199 Å². The van der Waals surface area contributed by atoms with Gasteiger partial charge in [0.1, 0.15) is 22.9 Å². The molecule has 0 radical (unpaired) electrons. The molecule has 1 atom stereocenters. The number of Topliss-reactive ketones (excluding diaryl/α,β-unsaturated/α-hetero) is 1. The fourth-order valence-electron chi connectivity index (χ4n) is 3.38. The predicted molar refractivity (Wildman–Crippen MR) is 128 cm³/mol. The second-order valence-electron chi connectivity index (χ2n) is 8.14. The standard InChI is InChI=1S/C25H33N3O6/c1-6-9-18-15-28(4)21(27-18)12-11-17(3)23(30)22-19(29)14-20(34-24(22)31)16(2)10-7-8-13-26-25(32)33-5/h8,11,13-16,29H,6-7,9-10,12H2,1-5H3,(H,26,32)/b13-8+,17-11-. The van der Waals surface area contributed by atoms with Crippen molar-refractivity contribution >= 4 is 11.9 Å². The largest absolute Gasteiger partial charge is 0.507 e. The molecular formula is C25H33N3O6. The first kappa shape index (κ1) is 26.6. The van der Waals surface area contributed by atoms with Gasteiger partial charge in [0, 0.05) is 37.8 Å². The number of aryl methyl sites for hydroxylation is 2. The van der Waals surface area contributed by atoms with Crippen molar-refractivity contribution in [2.75, 3.05) is 7.11 Å². The molecule has 1 unspecified atom stereocenters. The van der Waals surface area contributed by atoms with Gasteiger partial charge in [-0.25, -0.2) is 14.6 Å². The maximum atomic E-state index is 12.8. The number of rotatable bonds is 11. The number of carbonyl (C=O) groups is 2. The van der Waals surface area contributed by atoms with Crippen molar-refractivity contribution in [3.8, 4) is 5.75 Å². The van der Waals surface area contributed by atoms with Crippen molar-refractivity contribution in [2.24, 2.45) is 7.05 Å². The van der Waals surface area contributed by atoms with Crippen LogP contribution in [0.2, 0.25) is 0 Å². The van der Waals surface area contributed by atoms with E-state index in [1.807, 2.05) is 24.7 Å². The molecule has 9 heteroatoms. The van der Waals surface area contributed by atoms with Crippen molar-refractivity contribution < 1.29 is 23.8 Å². The summed E-state index contributed by atoms with van der Waals surface area (Å²) in [5, 5.41) is 12.9. The van der Waals surface area contributed by atoms with Gasteiger partial charge in [-0.3, -0.25) is 10.1 Å². The van der Waals surface area contributed by atoms with Gasteiger partial charge in [0.05, 0.1) is 12.8 Å². The fourth-order valence-corrected chi connectivity index (χ4v) is 3.38. The van der Waals surface area contributed by atoms with E-state index in [2.05, 4.69) is 22.0 Å². The summed E-state index contributed by atoms with van der Waals surface area (Å²) in [6.45, 7) is 5.53. The van der Waals surface area contributed by atoms with Crippen LogP contribution in [-0.4, -0.2) is 33.6 Å². The second kappa shape index (κ2) is 12.6. The van der Waals surface area contributed by atoms with Crippen LogP contribution < -0.4 is 10.9 Å². The van der Waals surface area contributed by atoms with Crippen LogP contribution in [0.3, 0.4) is 0 Å². The van der Waals surface area contributed by atoms with Crippen LogP contribution in [-0.2, 0) is 24.6 Å². The normalized spacial score (nSPS) is 12.7. The maximum Gasteiger partial charge on any atom is 0.410 e. The summed E-state index contributed by atoms with van der Waals surface area (Å²) < 4.78 is 11.7. The zero-order chi connectivity index (χ0) is 25.3. The van der Waals surface area contributed by atoms with E-state index < -0.39 is 23.3 Å². The lowest BCUT2D eigenvalue weighted by Gasteiger charge is -2.11. The molecule has 0 aromatic carbocycles. The number of hydrogen-bond acceptors (Lipinski definition) is 7. The third kappa shape index (κ3) is 7.19. The summed E-state index contributed by atoms with van der Waals surface area (Å²) in [4.78, 5) is 40.9. The maximum absolute atomic E-state index is 12.8. The number of ketones is 1. The number of allylic oxidation sites excluding steroid dienone is 3. The van der Waals surface area contributed by atoms with E-state index in [0.29, 0.717) is 24.8 Å². The van der Waals surface area contributed by atoms with Gasteiger partial charge >= 0.3 is 11.7 Å². The molecule has 34 heavy (non-hydrogen) atoms. The molecule has 0 aliphatic heterocycles. The molecule has 0 fully saturated rings. The monoisotopic (exact) mass is 471 g/mol. The van der Waals surface area contributed by atoms with Crippen molar-refractivity contribution in [1.29, 1.82) is 0 Å². The minimum Gasteiger partial charge on any atom is -0.507 e. The summed E-state index contributed by atoms with van der Waals surface area (Å²) in [6, 6.07) is 1.32. The molecule has 184 valence electrons. The zero-order valence-corrected chi connectivity index (χ0v) is 20.4. The summed E-state index contributed by atoms with van der Waals surface area (Å²) in [5.74, 6) is -0.0764. The Hall–Kier alpha value is -3.62. The smallest absolute Gasteiger partial charge is 0.410 e. The lowest BCUT2D eigenvalue weighted by molar-refractivity contribution is 0.102. The number of ether oxygens (including phenoxy) is 1. The number of nitrogens with zero attached hydrogens (tertiary/aromatic N) is 2. The average Bonchev–Trinajstić information content (AvgIpc) is 3.15. The molecule has 1 amide bonds. The summed E-state index contributed by atoms with van der Waals surface area (Å²) in [6.07, 6.45) is 9.81. The Morgan fingerprint density at radius 3 is 2.76 bits per heavy atom. The van der Waals surface area contributed by atoms with E-state index in [-0.39, 0.29) is 17.2 Å². The van der Waals surface area contributed by atoms with Gasteiger partial charge in [0.15, 0.2) is 5.78 Å². The van der Waals surface area contributed by atoms with Crippen molar-refractivity contribution in [2.45, 2.75) is 58.8 Å². The van der Waals surface area contributed by atoms with Gasteiger partial charge in [0.2, 0.25) is 0 Å². The van der Waals surface area contributed by atoms with Crippen LogP contribution in [0.1, 0.15) is 73.6 Å². The van der Waals surface area contributed by atoms with Crippen LogP contribution in [0.4, 0.5) is 4.79 Å². The Bertz CT molecular complexity index is 1130. The average molecular weight is 472 g/mol. The van der Waals surface area contributed by atoms with Crippen LogP contribution in [0.15, 0.2) is 45.4 Å². The molecule has 9 nitrogen and oxygen atoms in total. The number of imidazole rings is 1. The number of carbonyl (C=O) groups excluding carboxylic acids is 2. The Morgan fingerprint density at radius 1 is 1.38 bits per heavy atom. The number of alkyl carbamates (subject to hydrolysis) is 1. The van der Waals surface area contributed by atoms with E-state index >= 15 is 0 Å². The van der Waals surface area contributed by atoms with Crippen LogP contribution in [0.5, 0.6) is 5.75 Å². The highest BCUT2D eigenvalue weighted by Gasteiger charge is 2.22. The number of amides is 1. The molecule has 0 spiro atoms. The van der Waals surface area contributed by atoms with E-state index in [4.69, 9.17) is 4.42 Å². The van der Waals surface area contributed by atoms with Crippen molar-refractivity contribution in [1.82, 2.24) is 14.9 Å². The van der Waals surface area contributed by atoms with Gasteiger partial charge in [0.25, 0.3) is 0 Å². The fraction of sp³-hybridized carbons (Fsp3) is 0.440. The SMILES string of the molecule is CCCc1cn(C)c(C/C=C(/C)C(=O)c2c(O)cc(C(C)CC/C=C/NC(=O)OC)oc2=O)n1. The van der Waals surface area contributed by atoms with Crippen LogP contribution >= 0.6 is 0 Å². The van der Waals surface area contributed by atoms with E-state index in [9.17, 15) is 19.5 Å². The number of aromatic nitrogens is 2. The predicted octanol–water partition coefficient (Wildman–Crippen LogP) is 4.16. The zero-order valence-electron chi connectivity index (χ0n) is 20.4. The molecule has 0 aliphatic carbocycles. The molecular weight excluding hydrogens is 438 g/mol. The van der Waals surface area contributed by atoms with Crippen LogP contribution in [0.25, 0.3) is 0 Å². The van der Waals surface area contributed by atoms with E-state index in [1.54, 1.807) is 19.1 Å². The van der Waals surface area contributed by atoms with Gasteiger partial charge in [-0.2, -0.15) is 0 Å². The molecule has 0 saturated heterocycles. The van der Waals surface area contributed by atoms with E-state index in [1.165, 1.54) is 19.4 Å². The van der Waals surface area contributed by atoms with Gasteiger partial charge in [-0.1, -0.05) is 32.4 Å². The number of aromatic hydroxyl groups is 1. The van der Waals surface area contributed by atoms with E-state index in [0.717, 1.165) is 24.4 Å². The summed E-state index contributed by atoms with van der Waals surface area (Å²) >= 11 is 0. The van der Waals surface area contributed by atoms with Gasteiger partial charge in [-0.05, 0) is 31.8 Å². The second-order valence-corrected chi connectivity index (χ2v) is 8.14. The highest BCUT2D eigenvalue weighted by atomic mass is 16.5. The Morgan fingerprint density at radius 2 is 2.12 bits per heavy atom. The molecule has 0 aliphatic rings. The third-order valence-corrected chi connectivity index (χ3v) is 5.41. The highest BCUT2D eigenvalue weighted by Crippen LogP contribution is 2.26. The molecule has 2 aromatic heterocycles. The number of nitrogens with one attached hydrogen (secondary N) is 1. The lowest BCUT2D eigenvalue weighted by atomic mass is 9.99. The topological polar surface area (TPSA) is 124 Å². The van der Waals surface area contributed by atoms with Gasteiger partial charge < -0.3 is 18.8 Å². The summed E-state index contributed by atoms with van der Waals surface area (Å²) in [7, 11) is 3.17. The molecule has 0 saturated carbocycles. The minimum atomic E-state index is -0.871. The minimum absolute atomic E-state index is 0.192. The van der Waals surface area contributed by atoms with Gasteiger partial charge in [-0.15, -0.1) is 0 Å². The molecule has 0 bridgehead atoms. The van der Waals surface area contributed by atoms with Crippen molar-refractivity contribution in [3.05, 3.63) is 69.5 Å². The third-order valence-electron chi connectivity index (χ3n) is 5.41. The molecule has 2 aromatic rings. The quantitative estimate of drug-likeness (QED) is 0.372. The lowest BCUT2D eigenvalue weighted by Crippen LogP contribution is -2.17. The number of methoxy groups -OCH3 is 1.